The van der Waals surface area contributed by atoms with Crippen LogP contribution in [-0.4, -0.2) is 33.7 Å². The molecule has 0 bridgehead atoms. The van der Waals surface area contributed by atoms with Gasteiger partial charge in [-0.15, -0.1) is 11.6 Å². The molecule has 0 N–H and O–H groups in total. The number of halogens is 1. The van der Waals surface area contributed by atoms with Gasteiger partial charge in [-0.3, -0.25) is 0 Å². The summed E-state index contributed by atoms with van der Waals surface area (Å²) >= 11 is 5.69. The summed E-state index contributed by atoms with van der Waals surface area (Å²) in [5.41, 5.74) is 1.01. The first kappa shape index (κ1) is 12.0. The number of hydrogen-bond donors (Lipinski definition) is 0. The Balaban J connectivity index is 2.96. The zero-order chi connectivity index (χ0) is 11.3. The summed E-state index contributed by atoms with van der Waals surface area (Å²) in [6.07, 6.45) is 0. The van der Waals surface area contributed by atoms with Crippen LogP contribution in [0.1, 0.15) is 0 Å². The number of benzene rings is 1. The monoisotopic (exact) mass is 229 g/mol. The molecule has 3 nitrogen and oxygen atoms in total. The van der Waals surface area contributed by atoms with E-state index in [4.69, 9.17) is 21.1 Å². The van der Waals surface area contributed by atoms with Crippen molar-refractivity contribution < 1.29 is 9.47 Å². The molecule has 0 aliphatic carbocycles. The fraction of sp³-hybridized carbons (Fsp3) is 0.455. The number of hydrogen-bond acceptors (Lipinski definition) is 3. The number of methoxy groups -OCH3 is 2. The molecule has 84 valence electrons. The number of ether oxygens (including phenoxy) is 2. The van der Waals surface area contributed by atoms with Crippen molar-refractivity contribution in [2.75, 3.05) is 38.6 Å². The molecule has 0 saturated heterocycles. The van der Waals surface area contributed by atoms with Crippen molar-refractivity contribution in [3.05, 3.63) is 18.2 Å². The Bertz CT molecular complexity index is 317. The maximum atomic E-state index is 5.69. The third kappa shape index (κ3) is 2.93. The second-order valence-corrected chi connectivity index (χ2v) is 3.53. The van der Waals surface area contributed by atoms with Crippen LogP contribution in [0.15, 0.2) is 18.2 Å². The quantitative estimate of drug-likeness (QED) is 0.724. The van der Waals surface area contributed by atoms with Crippen LogP contribution in [0, 0.1) is 0 Å². The van der Waals surface area contributed by atoms with Gasteiger partial charge in [-0.1, -0.05) is 0 Å². The van der Waals surface area contributed by atoms with Gasteiger partial charge in [0.15, 0.2) is 0 Å². The van der Waals surface area contributed by atoms with E-state index >= 15 is 0 Å². The highest BCUT2D eigenvalue weighted by molar-refractivity contribution is 6.18. The molecule has 0 aliphatic rings. The van der Waals surface area contributed by atoms with Crippen molar-refractivity contribution in [3.8, 4) is 11.5 Å². The lowest BCUT2D eigenvalue weighted by Crippen LogP contribution is -2.20. The Morgan fingerprint density at radius 1 is 1.27 bits per heavy atom. The van der Waals surface area contributed by atoms with Gasteiger partial charge in [-0.2, -0.15) is 0 Å². The summed E-state index contributed by atoms with van der Waals surface area (Å²) < 4.78 is 10.4. The fourth-order valence-corrected chi connectivity index (χ4v) is 1.60. The van der Waals surface area contributed by atoms with Crippen molar-refractivity contribution in [1.82, 2.24) is 0 Å². The van der Waals surface area contributed by atoms with Gasteiger partial charge in [0.05, 0.1) is 19.9 Å². The molecule has 0 saturated carbocycles. The molecular weight excluding hydrogens is 214 g/mol. The lowest BCUT2D eigenvalue weighted by atomic mass is 10.2. The standard InChI is InChI=1S/C11H16ClNO2/c1-13(7-6-12)10-5-4-9(14-2)8-11(10)15-3/h4-5,8H,6-7H2,1-3H3. The van der Waals surface area contributed by atoms with E-state index in [1.165, 1.54) is 0 Å². The number of nitrogens with zero attached hydrogens (tertiary/aromatic N) is 1. The first-order chi connectivity index (χ1) is 7.22. The summed E-state index contributed by atoms with van der Waals surface area (Å²) in [6.45, 7) is 0.782. The average molecular weight is 230 g/mol. The zero-order valence-electron chi connectivity index (χ0n) is 9.29. The van der Waals surface area contributed by atoms with Gasteiger partial charge in [0.1, 0.15) is 11.5 Å². The van der Waals surface area contributed by atoms with E-state index < -0.39 is 0 Å². The van der Waals surface area contributed by atoms with Gasteiger partial charge in [0.2, 0.25) is 0 Å². The van der Waals surface area contributed by atoms with Crippen LogP contribution >= 0.6 is 11.6 Å². The Kier molecular flexibility index (Phi) is 4.56. The molecule has 0 aliphatic heterocycles. The van der Waals surface area contributed by atoms with Crippen molar-refractivity contribution in [3.63, 3.8) is 0 Å². The highest BCUT2D eigenvalue weighted by Crippen LogP contribution is 2.31. The van der Waals surface area contributed by atoms with Crippen LogP contribution in [0.2, 0.25) is 0 Å². The topological polar surface area (TPSA) is 21.7 Å². The maximum Gasteiger partial charge on any atom is 0.145 e. The predicted molar refractivity (Wildman–Crippen MR) is 63.5 cm³/mol. The second kappa shape index (κ2) is 5.71. The highest BCUT2D eigenvalue weighted by Gasteiger charge is 2.08. The molecule has 0 heterocycles. The molecule has 1 rings (SSSR count). The minimum absolute atomic E-state index is 0.589. The maximum absolute atomic E-state index is 5.69. The highest BCUT2D eigenvalue weighted by atomic mass is 35.5. The zero-order valence-corrected chi connectivity index (χ0v) is 10.0. The molecule has 0 atom stereocenters. The minimum Gasteiger partial charge on any atom is -0.497 e. The smallest absolute Gasteiger partial charge is 0.145 e. The van der Waals surface area contributed by atoms with Gasteiger partial charge in [0, 0.05) is 25.5 Å². The Hall–Kier alpha value is -1.09. The first-order valence-electron chi connectivity index (χ1n) is 4.72. The molecule has 0 fully saturated rings. The normalized spacial score (nSPS) is 9.87. The van der Waals surface area contributed by atoms with E-state index in [9.17, 15) is 0 Å². The Morgan fingerprint density at radius 2 is 2.00 bits per heavy atom. The van der Waals surface area contributed by atoms with E-state index in [1.807, 2.05) is 30.1 Å². The number of anilines is 1. The summed E-state index contributed by atoms with van der Waals surface area (Å²) in [4.78, 5) is 2.05. The van der Waals surface area contributed by atoms with Gasteiger partial charge in [-0.25, -0.2) is 0 Å². The Morgan fingerprint density at radius 3 is 2.53 bits per heavy atom. The van der Waals surface area contributed by atoms with E-state index in [0.29, 0.717) is 5.88 Å². The SMILES string of the molecule is COc1ccc(N(C)CCCl)c(OC)c1. The molecular formula is C11H16ClNO2. The van der Waals surface area contributed by atoms with Crippen LogP contribution in [0.4, 0.5) is 5.69 Å². The first-order valence-corrected chi connectivity index (χ1v) is 5.25. The fourth-order valence-electron chi connectivity index (χ4n) is 1.35. The average Bonchev–Trinajstić information content (AvgIpc) is 2.28. The molecule has 0 unspecified atom stereocenters. The second-order valence-electron chi connectivity index (χ2n) is 3.15. The molecule has 4 heteroatoms. The van der Waals surface area contributed by atoms with Crippen molar-refractivity contribution in [2.24, 2.45) is 0 Å². The lowest BCUT2D eigenvalue weighted by Gasteiger charge is -2.20. The summed E-state index contributed by atoms with van der Waals surface area (Å²) in [5.74, 6) is 2.17. The van der Waals surface area contributed by atoms with Crippen molar-refractivity contribution >= 4 is 17.3 Å². The number of rotatable bonds is 5. The van der Waals surface area contributed by atoms with Crippen LogP contribution in [0.5, 0.6) is 11.5 Å². The molecule has 0 spiro atoms. The van der Waals surface area contributed by atoms with Crippen LogP contribution in [0.3, 0.4) is 0 Å². The molecule has 0 aromatic heterocycles. The third-order valence-electron chi connectivity index (χ3n) is 2.22. The van der Waals surface area contributed by atoms with Crippen LogP contribution in [0.25, 0.3) is 0 Å². The molecule has 1 aromatic carbocycles. The van der Waals surface area contributed by atoms with E-state index in [0.717, 1.165) is 23.7 Å². The number of alkyl halides is 1. The van der Waals surface area contributed by atoms with Gasteiger partial charge in [-0.05, 0) is 12.1 Å². The van der Waals surface area contributed by atoms with Gasteiger partial charge in [0.25, 0.3) is 0 Å². The van der Waals surface area contributed by atoms with E-state index in [2.05, 4.69) is 0 Å². The third-order valence-corrected chi connectivity index (χ3v) is 2.39. The summed E-state index contributed by atoms with van der Waals surface area (Å²) in [6, 6.07) is 5.73. The summed E-state index contributed by atoms with van der Waals surface area (Å²) in [7, 11) is 5.26. The van der Waals surface area contributed by atoms with E-state index in [-0.39, 0.29) is 0 Å². The molecule has 0 amide bonds. The van der Waals surface area contributed by atoms with Crippen LogP contribution < -0.4 is 14.4 Å². The van der Waals surface area contributed by atoms with E-state index in [1.54, 1.807) is 14.2 Å². The molecule has 1 aromatic rings. The van der Waals surface area contributed by atoms with Gasteiger partial charge >= 0.3 is 0 Å². The molecule has 15 heavy (non-hydrogen) atoms. The minimum atomic E-state index is 0.589. The summed E-state index contributed by atoms with van der Waals surface area (Å²) in [5, 5.41) is 0. The predicted octanol–water partition coefficient (Wildman–Crippen LogP) is 2.38. The lowest BCUT2D eigenvalue weighted by molar-refractivity contribution is 0.394. The van der Waals surface area contributed by atoms with Crippen LogP contribution in [-0.2, 0) is 0 Å². The van der Waals surface area contributed by atoms with Crippen molar-refractivity contribution in [2.45, 2.75) is 0 Å². The Labute approximate surface area is 95.5 Å². The van der Waals surface area contributed by atoms with Crippen molar-refractivity contribution in [1.29, 1.82) is 0 Å². The molecule has 0 radical (unpaired) electrons. The largest absolute Gasteiger partial charge is 0.497 e. The van der Waals surface area contributed by atoms with Gasteiger partial charge < -0.3 is 14.4 Å².